The Morgan fingerprint density at radius 1 is 1.12 bits per heavy atom. The van der Waals surface area contributed by atoms with Gasteiger partial charge in [-0.2, -0.15) is 0 Å². The molecule has 0 unspecified atom stereocenters. The molecule has 1 aliphatic rings. The summed E-state index contributed by atoms with van der Waals surface area (Å²) in [5.41, 5.74) is 8.59. The fourth-order valence-electron chi connectivity index (χ4n) is 2.14. The summed E-state index contributed by atoms with van der Waals surface area (Å²) in [5.74, 6) is 0.469. The molecule has 1 aliphatic carbocycles. The topological polar surface area (TPSA) is 51.8 Å². The van der Waals surface area contributed by atoms with Gasteiger partial charge >= 0.3 is 0 Å². The molecule has 0 spiro atoms. The lowest BCUT2D eigenvalue weighted by Crippen LogP contribution is -1.92. The van der Waals surface area contributed by atoms with E-state index in [4.69, 9.17) is 5.73 Å². The largest absolute Gasteiger partial charge is 0.382 e. The summed E-state index contributed by atoms with van der Waals surface area (Å²) in [5, 5.41) is 0.850. The van der Waals surface area contributed by atoms with E-state index in [0.29, 0.717) is 5.82 Å². The van der Waals surface area contributed by atoms with Gasteiger partial charge in [0.15, 0.2) is 0 Å². The van der Waals surface area contributed by atoms with Crippen LogP contribution in [0.5, 0.6) is 0 Å². The molecule has 0 saturated carbocycles. The fourth-order valence-corrected chi connectivity index (χ4v) is 2.99. The number of benzene rings is 1. The lowest BCUT2D eigenvalue weighted by atomic mass is 10.1. The highest BCUT2D eigenvalue weighted by atomic mass is 32.2. The van der Waals surface area contributed by atoms with E-state index in [-0.39, 0.29) is 0 Å². The van der Waals surface area contributed by atoms with Crippen molar-refractivity contribution in [2.45, 2.75) is 29.2 Å². The quantitative estimate of drug-likeness (QED) is 0.881. The van der Waals surface area contributed by atoms with E-state index in [2.05, 4.69) is 28.2 Å². The third-order valence-corrected chi connectivity index (χ3v) is 3.82. The molecule has 0 atom stereocenters. The predicted octanol–water partition coefficient (Wildman–Crippen LogP) is 2.70. The summed E-state index contributed by atoms with van der Waals surface area (Å²) in [6.07, 6.45) is 7.01. The van der Waals surface area contributed by atoms with Gasteiger partial charge in [-0.3, -0.25) is 4.98 Å². The fraction of sp³-hybridized carbons (Fsp3) is 0.231. The summed E-state index contributed by atoms with van der Waals surface area (Å²) < 4.78 is 0. The average Bonchev–Trinajstić information content (AvgIpc) is 2.76. The van der Waals surface area contributed by atoms with Crippen molar-refractivity contribution in [2.24, 2.45) is 0 Å². The molecule has 1 heterocycles. The average molecular weight is 243 g/mol. The normalized spacial score (nSPS) is 13.6. The van der Waals surface area contributed by atoms with Crippen molar-refractivity contribution >= 4 is 17.6 Å². The van der Waals surface area contributed by atoms with Crippen molar-refractivity contribution < 1.29 is 0 Å². The minimum Gasteiger partial charge on any atom is -0.382 e. The van der Waals surface area contributed by atoms with Crippen LogP contribution in [0.4, 0.5) is 5.82 Å². The minimum absolute atomic E-state index is 0.469. The standard InChI is InChI=1S/C13H13N3S/c14-12-7-15-8-13(16-12)17-11-5-4-9-2-1-3-10(9)6-11/h4-8H,1-3H2,(H2,14,16). The Morgan fingerprint density at radius 3 is 2.88 bits per heavy atom. The highest BCUT2D eigenvalue weighted by molar-refractivity contribution is 7.99. The number of nitrogens with two attached hydrogens (primary N) is 1. The van der Waals surface area contributed by atoms with Crippen molar-refractivity contribution in [3.05, 3.63) is 41.7 Å². The van der Waals surface area contributed by atoms with Gasteiger partial charge in [0.1, 0.15) is 10.8 Å². The van der Waals surface area contributed by atoms with E-state index in [1.165, 1.54) is 35.3 Å². The first-order valence-electron chi connectivity index (χ1n) is 5.68. The Hall–Kier alpha value is -1.55. The van der Waals surface area contributed by atoms with E-state index in [0.717, 1.165) is 5.03 Å². The van der Waals surface area contributed by atoms with E-state index >= 15 is 0 Å². The summed E-state index contributed by atoms with van der Waals surface area (Å²) in [4.78, 5) is 9.50. The number of fused-ring (bicyclic) bond motifs is 1. The van der Waals surface area contributed by atoms with Crippen LogP contribution in [0.3, 0.4) is 0 Å². The number of rotatable bonds is 2. The van der Waals surface area contributed by atoms with Crippen LogP contribution in [-0.4, -0.2) is 9.97 Å². The molecule has 4 heteroatoms. The molecule has 0 radical (unpaired) electrons. The third kappa shape index (κ3) is 2.26. The molecule has 17 heavy (non-hydrogen) atoms. The molecule has 1 aromatic carbocycles. The first kappa shape index (κ1) is 10.6. The second-order valence-electron chi connectivity index (χ2n) is 4.17. The van der Waals surface area contributed by atoms with Crippen molar-refractivity contribution in [2.75, 3.05) is 5.73 Å². The first-order valence-corrected chi connectivity index (χ1v) is 6.50. The Bertz CT molecular complexity index is 554. The van der Waals surface area contributed by atoms with Crippen molar-refractivity contribution in [3.63, 3.8) is 0 Å². The van der Waals surface area contributed by atoms with Crippen LogP contribution >= 0.6 is 11.8 Å². The smallest absolute Gasteiger partial charge is 0.143 e. The van der Waals surface area contributed by atoms with Gasteiger partial charge in [-0.05, 0) is 42.5 Å². The maximum absolute atomic E-state index is 5.62. The molecule has 0 fully saturated rings. The first-order chi connectivity index (χ1) is 8.31. The molecule has 2 aromatic rings. The molecule has 1 aromatic heterocycles. The van der Waals surface area contributed by atoms with Crippen LogP contribution in [0.2, 0.25) is 0 Å². The van der Waals surface area contributed by atoms with Gasteiger partial charge in [0.05, 0.1) is 12.4 Å². The zero-order valence-electron chi connectivity index (χ0n) is 9.39. The monoisotopic (exact) mass is 243 g/mol. The Labute approximate surface area is 104 Å². The SMILES string of the molecule is Nc1cncc(Sc2ccc3c(c2)CCC3)n1. The highest BCUT2D eigenvalue weighted by Crippen LogP contribution is 2.30. The minimum atomic E-state index is 0.469. The summed E-state index contributed by atoms with van der Waals surface area (Å²) in [6.45, 7) is 0. The second kappa shape index (κ2) is 4.37. The zero-order chi connectivity index (χ0) is 11.7. The van der Waals surface area contributed by atoms with Gasteiger partial charge in [0, 0.05) is 4.90 Å². The third-order valence-electron chi connectivity index (χ3n) is 2.92. The van der Waals surface area contributed by atoms with Crippen LogP contribution in [0.25, 0.3) is 0 Å². The second-order valence-corrected chi connectivity index (χ2v) is 5.26. The Morgan fingerprint density at radius 2 is 2.00 bits per heavy atom. The van der Waals surface area contributed by atoms with E-state index in [9.17, 15) is 0 Å². The molecule has 86 valence electrons. The summed E-state index contributed by atoms with van der Waals surface area (Å²) in [7, 11) is 0. The number of hydrogen-bond acceptors (Lipinski definition) is 4. The van der Waals surface area contributed by atoms with Gasteiger partial charge in [0.25, 0.3) is 0 Å². The van der Waals surface area contributed by atoms with Crippen LogP contribution in [0.1, 0.15) is 17.5 Å². The van der Waals surface area contributed by atoms with Gasteiger partial charge in [-0.1, -0.05) is 17.8 Å². The van der Waals surface area contributed by atoms with Gasteiger partial charge < -0.3 is 5.73 Å². The number of hydrogen-bond donors (Lipinski definition) is 1. The molecule has 0 aliphatic heterocycles. The number of anilines is 1. The Kier molecular flexibility index (Phi) is 2.73. The zero-order valence-corrected chi connectivity index (χ0v) is 10.2. The van der Waals surface area contributed by atoms with Crippen LogP contribution in [0, 0.1) is 0 Å². The van der Waals surface area contributed by atoms with Crippen molar-refractivity contribution in [1.29, 1.82) is 0 Å². The van der Waals surface area contributed by atoms with Crippen LogP contribution in [0.15, 0.2) is 40.5 Å². The van der Waals surface area contributed by atoms with Gasteiger partial charge in [-0.25, -0.2) is 4.98 Å². The molecule has 3 rings (SSSR count). The molecular formula is C13H13N3S. The molecule has 0 amide bonds. The maximum atomic E-state index is 5.62. The van der Waals surface area contributed by atoms with Crippen LogP contribution in [-0.2, 0) is 12.8 Å². The lowest BCUT2D eigenvalue weighted by Gasteiger charge is -2.04. The number of aromatic nitrogens is 2. The molecule has 0 bridgehead atoms. The molecule has 3 nitrogen and oxygen atoms in total. The van der Waals surface area contributed by atoms with Gasteiger partial charge in [-0.15, -0.1) is 0 Å². The van der Waals surface area contributed by atoms with E-state index in [1.54, 1.807) is 24.2 Å². The lowest BCUT2D eigenvalue weighted by molar-refractivity contribution is 0.911. The molecule has 2 N–H and O–H groups in total. The van der Waals surface area contributed by atoms with E-state index in [1.807, 2.05) is 0 Å². The van der Waals surface area contributed by atoms with Crippen LogP contribution < -0.4 is 5.73 Å². The number of nitrogen functional groups attached to an aromatic ring is 1. The van der Waals surface area contributed by atoms with Crippen molar-refractivity contribution in [1.82, 2.24) is 9.97 Å². The summed E-state index contributed by atoms with van der Waals surface area (Å²) >= 11 is 1.61. The Balaban J connectivity index is 1.86. The summed E-state index contributed by atoms with van der Waals surface area (Å²) in [6, 6.07) is 6.64. The highest BCUT2D eigenvalue weighted by Gasteiger charge is 2.11. The number of nitrogens with zero attached hydrogens (tertiary/aromatic N) is 2. The van der Waals surface area contributed by atoms with E-state index < -0.39 is 0 Å². The number of aryl methyl sites for hydroxylation is 2. The van der Waals surface area contributed by atoms with Gasteiger partial charge in [0.2, 0.25) is 0 Å². The van der Waals surface area contributed by atoms with Crippen molar-refractivity contribution in [3.8, 4) is 0 Å². The predicted molar refractivity (Wildman–Crippen MR) is 69.0 cm³/mol. The molecule has 0 saturated heterocycles. The maximum Gasteiger partial charge on any atom is 0.143 e. The molecular weight excluding hydrogens is 230 g/mol.